The molecule has 5 rings (SSSR count). The molecule has 0 spiro atoms. The Kier molecular flexibility index (Phi) is 6.69. The molecule has 3 aliphatic heterocycles. The fraction of sp³-hybridized carbons (Fsp3) is 0.792. The third kappa shape index (κ3) is 4.87. The monoisotopic (exact) mass is 426 g/mol. The number of likely N-dealkylation sites (tertiary alicyclic amines) is 1. The number of hydrogen-bond donors (Lipinski definition) is 2. The molecule has 0 aromatic carbocycles. The van der Waals surface area contributed by atoms with Gasteiger partial charge in [-0.3, -0.25) is 15.6 Å². The predicted octanol–water partition coefficient (Wildman–Crippen LogP) is 2.85. The topological polar surface area (TPSA) is 73.4 Å². The highest BCUT2D eigenvalue weighted by atomic mass is 16.2. The maximum atomic E-state index is 12.9. The van der Waals surface area contributed by atoms with E-state index in [4.69, 9.17) is 4.98 Å². The van der Waals surface area contributed by atoms with Crippen LogP contribution in [-0.4, -0.2) is 59.5 Å². The standard InChI is InChI=1S/C24H38N6O/c31-22(10-9-18-6-1-2-7-18)30-15-5-8-19(17-30)23-20(16-26-28-23)21-11-12-25-24(27-21)29-13-3-4-14-29/h11-12,18-20,23,26,28H,1-10,13-17H2. The van der Waals surface area contributed by atoms with Gasteiger partial charge >= 0.3 is 0 Å². The summed E-state index contributed by atoms with van der Waals surface area (Å²) >= 11 is 0. The molecule has 3 unspecified atom stereocenters. The van der Waals surface area contributed by atoms with Crippen molar-refractivity contribution in [1.82, 2.24) is 25.7 Å². The third-order valence-electron chi connectivity index (χ3n) is 8.02. The molecule has 0 bridgehead atoms. The van der Waals surface area contributed by atoms with Crippen molar-refractivity contribution in [2.45, 2.75) is 76.2 Å². The molecule has 1 amide bonds. The Labute approximate surface area is 186 Å². The summed E-state index contributed by atoms with van der Waals surface area (Å²) in [6.07, 6.45) is 13.9. The number of nitrogens with zero attached hydrogens (tertiary/aromatic N) is 4. The van der Waals surface area contributed by atoms with Crippen molar-refractivity contribution in [2.75, 3.05) is 37.6 Å². The molecule has 1 saturated carbocycles. The number of anilines is 1. The van der Waals surface area contributed by atoms with Crippen LogP contribution in [-0.2, 0) is 4.79 Å². The summed E-state index contributed by atoms with van der Waals surface area (Å²) in [5.74, 6) is 2.83. The van der Waals surface area contributed by atoms with Crippen molar-refractivity contribution in [1.29, 1.82) is 0 Å². The van der Waals surface area contributed by atoms with Gasteiger partial charge in [-0.25, -0.2) is 9.97 Å². The first kappa shape index (κ1) is 21.1. The van der Waals surface area contributed by atoms with Gasteiger partial charge in [-0.2, -0.15) is 0 Å². The maximum Gasteiger partial charge on any atom is 0.225 e. The predicted molar refractivity (Wildman–Crippen MR) is 122 cm³/mol. The Bertz CT molecular complexity index is 745. The van der Waals surface area contributed by atoms with Crippen molar-refractivity contribution < 1.29 is 4.79 Å². The number of hydrogen-bond acceptors (Lipinski definition) is 6. The highest BCUT2D eigenvalue weighted by molar-refractivity contribution is 5.76. The van der Waals surface area contributed by atoms with E-state index in [1.54, 1.807) is 0 Å². The lowest BCUT2D eigenvalue weighted by molar-refractivity contribution is -0.133. The van der Waals surface area contributed by atoms with Gasteiger partial charge in [0.15, 0.2) is 0 Å². The molecule has 4 fully saturated rings. The third-order valence-corrected chi connectivity index (χ3v) is 8.02. The average Bonchev–Trinajstić information content (AvgIpc) is 3.60. The number of nitrogens with one attached hydrogen (secondary N) is 2. The number of carbonyl (C=O) groups is 1. The van der Waals surface area contributed by atoms with Crippen molar-refractivity contribution in [3.8, 4) is 0 Å². The van der Waals surface area contributed by atoms with E-state index in [0.29, 0.717) is 23.8 Å². The van der Waals surface area contributed by atoms with Crippen molar-refractivity contribution in [3.05, 3.63) is 18.0 Å². The molecule has 7 nitrogen and oxygen atoms in total. The van der Waals surface area contributed by atoms with Gasteiger partial charge in [0, 0.05) is 57.3 Å². The molecule has 1 aliphatic carbocycles. The van der Waals surface area contributed by atoms with E-state index in [1.165, 1.54) is 44.9 Å². The minimum atomic E-state index is 0.312. The molecule has 3 saturated heterocycles. The second-order valence-corrected chi connectivity index (χ2v) is 10.1. The van der Waals surface area contributed by atoms with Gasteiger partial charge in [0.05, 0.1) is 5.69 Å². The fourth-order valence-corrected chi connectivity index (χ4v) is 6.20. The number of piperidine rings is 1. The van der Waals surface area contributed by atoms with Gasteiger partial charge in [0.1, 0.15) is 0 Å². The minimum absolute atomic E-state index is 0.312. The van der Waals surface area contributed by atoms with Crippen LogP contribution >= 0.6 is 0 Å². The first-order valence-corrected chi connectivity index (χ1v) is 12.6. The van der Waals surface area contributed by atoms with Crippen LogP contribution in [0.5, 0.6) is 0 Å². The van der Waals surface area contributed by atoms with E-state index in [-0.39, 0.29) is 0 Å². The van der Waals surface area contributed by atoms with Gasteiger partial charge in [-0.1, -0.05) is 25.7 Å². The number of aromatic nitrogens is 2. The highest BCUT2D eigenvalue weighted by Crippen LogP contribution is 2.33. The summed E-state index contributed by atoms with van der Waals surface area (Å²) in [5, 5.41) is 0. The van der Waals surface area contributed by atoms with Gasteiger partial charge in [0.25, 0.3) is 0 Å². The molecule has 4 heterocycles. The fourth-order valence-electron chi connectivity index (χ4n) is 6.20. The Hall–Kier alpha value is -1.73. The normalized spacial score (nSPS) is 29.7. The molecule has 2 N–H and O–H groups in total. The number of hydrazine groups is 1. The average molecular weight is 427 g/mol. The van der Waals surface area contributed by atoms with Crippen LogP contribution in [0.3, 0.4) is 0 Å². The quantitative estimate of drug-likeness (QED) is 0.729. The highest BCUT2D eigenvalue weighted by Gasteiger charge is 2.38. The van der Waals surface area contributed by atoms with E-state index >= 15 is 0 Å². The molecule has 1 aromatic heterocycles. The molecule has 7 heteroatoms. The molecule has 1 aromatic rings. The summed E-state index contributed by atoms with van der Waals surface area (Å²) in [6.45, 7) is 4.82. The molecule has 4 aliphatic rings. The van der Waals surface area contributed by atoms with Crippen LogP contribution < -0.4 is 15.8 Å². The zero-order chi connectivity index (χ0) is 21.0. The van der Waals surface area contributed by atoms with E-state index in [9.17, 15) is 4.79 Å². The van der Waals surface area contributed by atoms with Crippen molar-refractivity contribution in [2.24, 2.45) is 11.8 Å². The van der Waals surface area contributed by atoms with Gasteiger partial charge in [-0.05, 0) is 50.0 Å². The second-order valence-electron chi connectivity index (χ2n) is 10.1. The maximum absolute atomic E-state index is 12.9. The summed E-state index contributed by atoms with van der Waals surface area (Å²) in [7, 11) is 0. The first-order chi connectivity index (χ1) is 15.3. The van der Waals surface area contributed by atoms with E-state index in [1.807, 2.05) is 6.20 Å². The van der Waals surface area contributed by atoms with Crippen LogP contribution in [0.25, 0.3) is 0 Å². The zero-order valence-electron chi connectivity index (χ0n) is 18.8. The van der Waals surface area contributed by atoms with E-state index in [2.05, 4.69) is 31.7 Å². The first-order valence-electron chi connectivity index (χ1n) is 12.6. The van der Waals surface area contributed by atoms with Crippen LogP contribution in [0.1, 0.15) is 75.8 Å². The summed E-state index contributed by atoms with van der Waals surface area (Å²) in [5.41, 5.74) is 8.05. The number of carbonyl (C=O) groups excluding carboxylic acids is 1. The molecule has 0 radical (unpaired) electrons. The van der Waals surface area contributed by atoms with Gasteiger partial charge in [0.2, 0.25) is 11.9 Å². The van der Waals surface area contributed by atoms with E-state index in [0.717, 1.165) is 69.5 Å². The van der Waals surface area contributed by atoms with Crippen LogP contribution in [0.4, 0.5) is 5.95 Å². The Morgan fingerprint density at radius 2 is 1.90 bits per heavy atom. The number of rotatable bonds is 6. The van der Waals surface area contributed by atoms with Crippen LogP contribution in [0.15, 0.2) is 12.3 Å². The van der Waals surface area contributed by atoms with Gasteiger partial charge < -0.3 is 9.80 Å². The minimum Gasteiger partial charge on any atom is -0.342 e. The molecule has 31 heavy (non-hydrogen) atoms. The summed E-state index contributed by atoms with van der Waals surface area (Å²) in [6, 6.07) is 2.39. The second kappa shape index (κ2) is 9.82. The van der Waals surface area contributed by atoms with Crippen molar-refractivity contribution in [3.63, 3.8) is 0 Å². The van der Waals surface area contributed by atoms with E-state index < -0.39 is 0 Å². The van der Waals surface area contributed by atoms with Crippen LogP contribution in [0, 0.1) is 11.8 Å². The largest absolute Gasteiger partial charge is 0.342 e. The lowest BCUT2D eigenvalue weighted by Gasteiger charge is -2.37. The lowest BCUT2D eigenvalue weighted by atomic mass is 9.82. The van der Waals surface area contributed by atoms with Crippen LogP contribution in [0.2, 0.25) is 0 Å². The zero-order valence-corrected chi connectivity index (χ0v) is 18.8. The Balaban J connectivity index is 1.21. The molecule has 3 atom stereocenters. The molecular formula is C24H38N6O. The summed E-state index contributed by atoms with van der Waals surface area (Å²) in [4.78, 5) is 26.9. The smallest absolute Gasteiger partial charge is 0.225 e. The lowest BCUT2D eigenvalue weighted by Crippen LogP contribution is -2.48. The molecule has 170 valence electrons. The summed E-state index contributed by atoms with van der Waals surface area (Å²) < 4.78 is 0. The van der Waals surface area contributed by atoms with Crippen molar-refractivity contribution >= 4 is 11.9 Å². The Morgan fingerprint density at radius 1 is 1.06 bits per heavy atom. The Morgan fingerprint density at radius 3 is 2.74 bits per heavy atom. The van der Waals surface area contributed by atoms with Gasteiger partial charge in [-0.15, -0.1) is 0 Å². The number of amides is 1. The SMILES string of the molecule is O=C(CCC1CCCC1)N1CCCC(C2NNCC2c2ccnc(N3CCCC3)n2)C1. The molecular weight excluding hydrogens is 388 g/mol.